The van der Waals surface area contributed by atoms with Gasteiger partial charge in [0, 0.05) is 38.1 Å². The summed E-state index contributed by atoms with van der Waals surface area (Å²) in [6, 6.07) is 14.3. The molecule has 1 aliphatic rings. The molecule has 4 rings (SSSR count). The molecule has 172 valence electrons. The molecule has 0 bridgehead atoms. The van der Waals surface area contributed by atoms with Gasteiger partial charge < -0.3 is 15.5 Å². The van der Waals surface area contributed by atoms with Crippen molar-refractivity contribution in [2.75, 3.05) is 29.9 Å². The zero-order valence-corrected chi connectivity index (χ0v) is 20.2. The van der Waals surface area contributed by atoms with Crippen molar-refractivity contribution < 1.29 is 0 Å². The smallest absolute Gasteiger partial charge is 0.232 e. The summed E-state index contributed by atoms with van der Waals surface area (Å²) in [4.78, 5) is 20.4. The van der Waals surface area contributed by atoms with E-state index in [1.807, 2.05) is 18.2 Å². The molecule has 2 N–H and O–H groups in total. The van der Waals surface area contributed by atoms with Gasteiger partial charge in [-0.15, -0.1) is 0 Å². The molecule has 2 aromatic heterocycles. The number of nitrogens with one attached hydrogen (secondary N) is 2. The normalized spacial score (nSPS) is 13.9. The van der Waals surface area contributed by atoms with Crippen LogP contribution in [-0.2, 0) is 6.42 Å². The van der Waals surface area contributed by atoms with Crippen molar-refractivity contribution in [1.82, 2.24) is 25.3 Å². The largest absolute Gasteiger partial charge is 0.362 e. The third-order valence-electron chi connectivity index (χ3n) is 5.35. The fourth-order valence-corrected chi connectivity index (χ4v) is 4.60. The van der Waals surface area contributed by atoms with Gasteiger partial charge in [0.15, 0.2) is 10.3 Å². The molecular weight excluding hydrogens is 450 g/mol. The maximum absolute atomic E-state index is 5.51. The molecule has 1 saturated heterocycles. The predicted molar refractivity (Wildman–Crippen MR) is 138 cm³/mol. The highest BCUT2D eigenvalue weighted by atomic mass is 32.2. The average molecular weight is 480 g/mol. The maximum Gasteiger partial charge on any atom is 0.232 e. The van der Waals surface area contributed by atoms with E-state index in [2.05, 4.69) is 54.8 Å². The molecule has 3 aromatic rings. The zero-order valence-electron chi connectivity index (χ0n) is 18.6. The number of hydrogen-bond acceptors (Lipinski definition) is 7. The number of aromatic nitrogens is 4. The lowest BCUT2D eigenvalue weighted by molar-refractivity contribution is 0.726. The molecule has 0 atom stereocenters. The molecule has 33 heavy (non-hydrogen) atoms. The standard InChI is InChI=1S/C24H29N7S2/c32-23(25-13-8-12-19-10-4-3-5-11-19)30-22-28-20(31-16-6-1-2-7-17-31)18-21(29-22)33-24-26-14-9-15-27-24/h3-5,9-11,14-15,18H,1-2,6-8,12-13,16-17H2,(H2,25,28,29,30,32). The van der Waals surface area contributed by atoms with Crippen molar-refractivity contribution >= 4 is 40.9 Å². The molecule has 1 aliphatic heterocycles. The molecule has 1 fully saturated rings. The SMILES string of the molecule is S=C(NCCCc1ccccc1)Nc1nc(Sc2ncccn2)cc(N2CCCCCC2)n1. The second-order valence-corrected chi connectivity index (χ2v) is 9.29. The van der Waals surface area contributed by atoms with E-state index >= 15 is 0 Å². The Kier molecular flexibility index (Phi) is 8.83. The summed E-state index contributed by atoms with van der Waals surface area (Å²) in [7, 11) is 0. The Morgan fingerprint density at radius 2 is 1.73 bits per heavy atom. The number of rotatable bonds is 8. The van der Waals surface area contributed by atoms with Crippen LogP contribution in [0.4, 0.5) is 11.8 Å². The van der Waals surface area contributed by atoms with Gasteiger partial charge in [-0.1, -0.05) is 43.2 Å². The zero-order chi connectivity index (χ0) is 22.7. The van der Waals surface area contributed by atoms with E-state index in [4.69, 9.17) is 17.2 Å². The van der Waals surface area contributed by atoms with Gasteiger partial charge in [-0.05, 0) is 61.3 Å². The Morgan fingerprint density at radius 1 is 0.970 bits per heavy atom. The van der Waals surface area contributed by atoms with E-state index in [1.165, 1.54) is 43.0 Å². The Morgan fingerprint density at radius 3 is 2.48 bits per heavy atom. The highest BCUT2D eigenvalue weighted by Crippen LogP contribution is 2.28. The molecule has 0 aliphatic carbocycles. The van der Waals surface area contributed by atoms with E-state index < -0.39 is 0 Å². The van der Waals surface area contributed by atoms with Crippen LogP contribution in [0, 0.1) is 0 Å². The molecular formula is C24H29N7S2. The highest BCUT2D eigenvalue weighted by molar-refractivity contribution is 7.99. The minimum atomic E-state index is 0.496. The third kappa shape index (κ3) is 7.64. The Labute approximate surface area is 204 Å². The van der Waals surface area contributed by atoms with Crippen LogP contribution in [0.3, 0.4) is 0 Å². The lowest BCUT2D eigenvalue weighted by Crippen LogP contribution is -2.31. The second kappa shape index (κ2) is 12.5. The number of benzene rings is 1. The summed E-state index contributed by atoms with van der Waals surface area (Å²) in [5, 5.41) is 8.44. The Hall–Kier alpha value is -2.78. The highest BCUT2D eigenvalue weighted by Gasteiger charge is 2.15. The molecule has 0 saturated carbocycles. The molecule has 0 amide bonds. The third-order valence-corrected chi connectivity index (χ3v) is 6.41. The van der Waals surface area contributed by atoms with Gasteiger partial charge in [0.1, 0.15) is 10.8 Å². The van der Waals surface area contributed by atoms with Crippen LogP contribution in [0.25, 0.3) is 0 Å². The topological polar surface area (TPSA) is 78.9 Å². The Bertz CT molecular complexity index is 1010. The Balaban J connectivity index is 1.40. The van der Waals surface area contributed by atoms with Crippen molar-refractivity contribution in [3.05, 3.63) is 60.4 Å². The molecule has 1 aromatic carbocycles. The first-order valence-corrected chi connectivity index (χ1v) is 12.7. The molecule has 9 heteroatoms. The molecule has 0 unspecified atom stereocenters. The fourth-order valence-electron chi connectivity index (χ4n) is 3.70. The number of thiocarbonyl (C=S) groups is 1. The summed E-state index contributed by atoms with van der Waals surface area (Å²) < 4.78 is 0. The quantitative estimate of drug-likeness (QED) is 0.206. The van der Waals surface area contributed by atoms with E-state index in [0.29, 0.717) is 16.2 Å². The van der Waals surface area contributed by atoms with Gasteiger partial charge in [-0.3, -0.25) is 0 Å². The van der Waals surface area contributed by atoms with Crippen LogP contribution >= 0.6 is 24.0 Å². The van der Waals surface area contributed by atoms with Crippen LogP contribution in [0.15, 0.2) is 65.0 Å². The summed E-state index contributed by atoms with van der Waals surface area (Å²) in [5.41, 5.74) is 1.33. The fraction of sp³-hybridized carbons (Fsp3) is 0.375. The molecule has 3 heterocycles. The average Bonchev–Trinajstić information content (AvgIpc) is 3.13. The first kappa shape index (κ1) is 23.4. The van der Waals surface area contributed by atoms with Crippen LogP contribution in [-0.4, -0.2) is 44.7 Å². The van der Waals surface area contributed by atoms with Crippen LogP contribution < -0.4 is 15.5 Å². The van der Waals surface area contributed by atoms with Gasteiger partial charge in [-0.2, -0.15) is 4.98 Å². The predicted octanol–water partition coefficient (Wildman–Crippen LogP) is 4.72. The van der Waals surface area contributed by atoms with Crippen LogP contribution in [0.1, 0.15) is 37.7 Å². The number of nitrogens with zero attached hydrogens (tertiary/aromatic N) is 5. The lowest BCUT2D eigenvalue weighted by Gasteiger charge is -2.22. The summed E-state index contributed by atoms with van der Waals surface area (Å²) >= 11 is 6.94. The van der Waals surface area contributed by atoms with Crippen molar-refractivity contribution in [3.63, 3.8) is 0 Å². The second-order valence-electron chi connectivity index (χ2n) is 7.89. The summed E-state index contributed by atoms with van der Waals surface area (Å²) in [5.74, 6) is 1.41. The molecule has 0 radical (unpaired) electrons. The maximum atomic E-state index is 5.51. The van der Waals surface area contributed by atoms with Crippen LogP contribution in [0.5, 0.6) is 0 Å². The van der Waals surface area contributed by atoms with Gasteiger partial charge in [0.25, 0.3) is 0 Å². The minimum Gasteiger partial charge on any atom is -0.362 e. The summed E-state index contributed by atoms with van der Waals surface area (Å²) in [6.45, 7) is 2.79. The monoisotopic (exact) mass is 479 g/mol. The first-order chi connectivity index (χ1) is 16.3. The minimum absolute atomic E-state index is 0.496. The van der Waals surface area contributed by atoms with E-state index in [9.17, 15) is 0 Å². The number of hydrogen-bond donors (Lipinski definition) is 2. The molecule has 7 nitrogen and oxygen atoms in total. The number of anilines is 2. The van der Waals surface area contributed by atoms with Gasteiger partial charge in [0.2, 0.25) is 5.95 Å². The van der Waals surface area contributed by atoms with E-state index in [-0.39, 0.29) is 0 Å². The van der Waals surface area contributed by atoms with Crippen molar-refractivity contribution in [1.29, 1.82) is 0 Å². The van der Waals surface area contributed by atoms with Gasteiger partial charge >= 0.3 is 0 Å². The molecule has 0 spiro atoms. The lowest BCUT2D eigenvalue weighted by atomic mass is 10.1. The van der Waals surface area contributed by atoms with E-state index in [0.717, 1.165) is 43.3 Å². The van der Waals surface area contributed by atoms with Gasteiger partial charge in [-0.25, -0.2) is 15.0 Å². The number of aryl methyl sites for hydroxylation is 1. The first-order valence-electron chi connectivity index (χ1n) is 11.4. The van der Waals surface area contributed by atoms with Crippen molar-refractivity contribution in [2.45, 2.75) is 48.7 Å². The van der Waals surface area contributed by atoms with Gasteiger partial charge in [0.05, 0.1) is 0 Å². The van der Waals surface area contributed by atoms with Crippen molar-refractivity contribution in [3.8, 4) is 0 Å². The van der Waals surface area contributed by atoms with E-state index in [1.54, 1.807) is 12.4 Å². The summed E-state index contributed by atoms with van der Waals surface area (Å²) in [6.07, 6.45) is 10.4. The van der Waals surface area contributed by atoms with Crippen LogP contribution in [0.2, 0.25) is 0 Å². The van der Waals surface area contributed by atoms with Crippen molar-refractivity contribution in [2.24, 2.45) is 0 Å².